The number of H-pyrrole nitrogens is 1. The van der Waals surface area contributed by atoms with Gasteiger partial charge in [-0.15, -0.1) is 0 Å². The summed E-state index contributed by atoms with van der Waals surface area (Å²) in [5.41, 5.74) is 3.33. The minimum atomic E-state index is -4.45. The van der Waals surface area contributed by atoms with Gasteiger partial charge in [0.1, 0.15) is 11.4 Å². The summed E-state index contributed by atoms with van der Waals surface area (Å²) < 4.78 is 73.9. The van der Waals surface area contributed by atoms with Crippen molar-refractivity contribution in [3.05, 3.63) is 47.8 Å². The highest BCUT2D eigenvalue weighted by atomic mass is 19.4. The summed E-state index contributed by atoms with van der Waals surface area (Å²) in [6, 6.07) is 3.00. The molecule has 2 aromatic heterocycles. The highest BCUT2D eigenvalue weighted by Crippen LogP contribution is 2.61. The molecule has 4 nitrogen and oxygen atoms in total. The Morgan fingerprint density at radius 2 is 1.81 bits per heavy atom. The second-order valence-corrected chi connectivity index (χ2v) is 6.23. The van der Waals surface area contributed by atoms with Crippen LogP contribution in [0.25, 0.3) is 11.0 Å². The second kappa shape index (κ2) is 5.33. The van der Waals surface area contributed by atoms with Crippen LogP contribution in [0.15, 0.2) is 30.6 Å². The number of fused-ring (bicyclic) bond motifs is 1. The third kappa shape index (κ3) is 2.38. The second-order valence-electron chi connectivity index (χ2n) is 6.23. The number of rotatable bonds is 3. The van der Waals surface area contributed by atoms with E-state index in [-0.39, 0.29) is 40.9 Å². The van der Waals surface area contributed by atoms with E-state index in [4.69, 9.17) is 10.5 Å². The highest BCUT2D eigenvalue weighted by Gasteiger charge is 2.65. The first-order chi connectivity index (χ1) is 12.2. The van der Waals surface area contributed by atoms with Gasteiger partial charge in [-0.25, -0.2) is 13.8 Å². The predicted octanol–water partition coefficient (Wildman–Crippen LogP) is 4.81. The Morgan fingerprint density at radius 3 is 2.38 bits per heavy atom. The van der Waals surface area contributed by atoms with Gasteiger partial charge in [0.15, 0.2) is 17.4 Å². The van der Waals surface area contributed by atoms with E-state index in [0.717, 1.165) is 12.1 Å². The fourth-order valence-corrected chi connectivity index (χ4v) is 3.11. The lowest BCUT2D eigenvalue weighted by Gasteiger charge is -2.19. The van der Waals surface area contributed by atoms with E-state index in [9.17, 15) is 22.0 Å². The molecule has 4 rings (SSSR count). The van der Waals surface area contributed by atoms with E-state index in [1.165, 1.54) is 18.5 Å². The van der Waals surface area contributed by atoms with E-state index in [0.29, 0.717) is 0 Å². The number of pyridine rings is 1. The summed E-state index contributed by atoms with van der Waals surface area (Å²) >= 11 is 0. The maximum absolute atomic E-state index is 14.0. The predicted molar refractivity (Wildman–Crippen MR) is 83.9 cm³/mol. The van der Waals surface area contributed by atoms with Crippen LogP contribution in [0.4, 0.5) is 27.6 Å². The Kier molecular flexibility index (Phi) is 3.40. The molecule has 0 unspecified atom stereocenters. The average Bonchev–Trinajstić information content (AvgIpc) is 3.25. The van der Waals surface area contributed by atoms with Crippen molar-refractivity contribution in [3.63, 3.8) is 0 Å². The topological polar surface area (TPSA) is 63.9 Å². The van der Waals surface area contributed by atoms with Crippen LogP contribution in [0.1, 0.15) is 18.4 Å². The summed E-state index contributed by atoms with van der Waals surface area (Å²) in [5.74, 6) is -2.97. The Bertz CT molecular complexity index is 984. The minimum absolute atomic E-state index is 0.0423. The lowest BCUT2D eigenvalue weighted by Crippen LogP contribution is -2.28. The molecule has 0 aliphatic heterocycles. The van der Waals surface area contributed by atoms with E-state index < -0.39 is 29.0 Å². The Labute approximate surface area is 143 Å². The molecule has 1 aromatic carbocycles. The first-order valence-electron chi connectivity index (χ1n) is 7.68. The first kappa shape index (κ1) is 16.6. The molecule has 0 radical (unpaired) electrons. The summed E-state index contributed by atoms with van der Waals surface area (Å²) in [6.45, 7) is 0. The van der Waals surface area contributed by atoms with Crippen molar-refractivity contribution in [2.24, 2.45) is 0 Å². The number of halogens is 5. The third-order valence-corrected chi connectivity index (χ3v) is 4.58. The maximum Gasteiger partial charge on any atom is 0.398 e. The number of hydrogen-bond acceptors (Lipinski definition) is 3. The van der Waals surface area contributed by atoms with Crippen LogP contribution >= 0.6 is 0 Å². The number of nitrogens with two attached hydrogens (primary N) is 1. The lowest BCUT2D eigenvalue weighted by molar-refractivity contribution is -0.160. The fourth-order valence-electron chi connectivity index (χ4n) is 3.11. The number of anilines is 1. The van der Waals surface area contributed by atoms with Gasteiger partial charge in [-0.05, 0) is 24.5 Å². The molecule has 0 atom stereocenters. The van der Waals surface area contributed by atoms with Crippen molar-refractivity contribution >= 4 is 16.7 Å². The van der Waals surface area contributed by atoms with Crippen molar-refractivity contribution in [1.82, 2.24) is 9.97 Å². The molecular formula is C17H12F5N3O. The number of benzene rings is 1. The molecule has 1 aliphatic carbocycles. The van der Waals surface area contributed by atoms with Crippen LogP contribution in [-0.2, 0) is 5.41 Å². The molecule has 0 saturated heterocycles. The number of nitrogen functional groups attached to an aromatic ring is 1. The molecular weight excluding hydrogens is 357 g/mol. The van der Waals surface area contributed by atoms with Gasteiger partial charge < -0.3 is 15.5 Å². The van der Waals surface area contributed by atoms with Gasteiger partial charge in [0.05, 0.1) is 10.8 Å². The Balaban J connectivity index is 1.87. The summed E-state index contributed by atoms with van der Waals surface area (Å²) in [5, 5.41) is 0.0537. The standard InChI is InChI=1S/C17H12F5N3O/c18-10-5-8(23)6-11(19)14(10)26-12-1-4-24-15-13(12)9(7-25-15)16(2-3-16)17(20,21)22/h1,4-7H,2-3,23H2,(H,24,25). The van der Waals surface area contributed by atoms with Gasteiger partial charge in [-0.2, -0.15) is 13.2 Å². The molecule has 26 heavy (non-hydrogen) atoms. The van der Waals surface area contributed by atoms with Crippen LogP contribution in [-0.4, -0.2) is 16.1 Å². The molecule has 0 amide bonds. The fraction of sp³-hybridized carbons (Fsp3) is 0.235. The van der Waals surface area contributed by atoms with Crippen molar-refractivity contribution in [2.75, 3.05) is 5.73 Å². The largest absolute Gasteiger partial charge is 0.450 e. The molecule has 0 spiro atoms. The number of nitrogens with zero attached hydrogens (tertiary/aromatic N) is 1. The molecule has 1 saturated carbocycles. The van der Waals surface area contributed by atoms with E-state index in [2.05, 4.69) is 9.97 Å². The first-order valence-corrected chi connectivity index (χ1v) is 7.68. The number of aromatic amines is 1. The maximum atomic E-state index is 14.0. The van der Waals surface area contributed by atoms with Crippen LogP contribution in [0.3, 0.4) is 0 Å². The minimum Gasteiger partial charge on any atom is -0.450 e. The highest BCUT2D eigenvalue weighted by molar-refractivity contribution is 5.88. The molecule has 3 aromatic rings. The normalized spacial score (nSPS) is 16.0. The van der Waals surface area contributed by atoms with Crippen molar-refractivity contribution in [1.29, 1.82) is 0 Å². The van der Waals surface area contributed by atoms with Crippen molar-refractivity contribution < 1.29 is 26.7 Å². The third-order valence-electron chi connectivity index (χ3n) is 4.58. The summed E-state index contributed by atoms with van der Waals surface area (Å²) in [4.78, 5) is 6.65. The molecule has 1 aliphatic rings. The van der Waals surface area contributed by atoms with Crippen LogP contribution < -0.4 is 10.5 Å². The Hall–Kier alpha value is -2.84. The Morgan fingerprint density at radius 1 is 1.15 bits per heavy atom. The monoisotopic (exact) mass is 369 g/mol. The molecule has 9 heteroatoms. The summed E-state index contributed by atoms with van der Waals surface area (Å²) in [7, 11) is 0. The van der Waals surface area contributed by atoms with Crippen molar-refractivity contribution in [3.8, 4) is 11.5 Å². The number of hydrogen-bond donors (Lipinski definition) is 2. The molecule has 3 N–H and O–H groups in total. The number of ether oxygens (including phenoxy) is 1. The zero-order chi connectivity index (χ0) is 18.7. The molecule has 2 heterocycles. The quantitative estimate of drug-likeness (QED) is 0.514. The van der Waals surface area contributed by atoms with E-state index in [1.54, 1.807) is 0 Å². The van der Waals surface area contributed by atoms with E-state index >= 15 is 0 Å². The van der Waals surface area contributed by atoms with Gasteiger partial charge in [-0.1, -0.05) is 0 Å². The van der Waals surface area contributed by atoms with E-state index in [1.807, 2.05) is 0 Å². The summed E-state index contributed by atoms with van der Waals surface area (Å²) in [6.07, 6.45) is -2.09. The molecule has 136 valence electrons. The zero-order valence-corrected chi connectivity index (χ0v) is 13.1. The molecule has 0 bridgehead atoms. The van der Waals surface area contributed by atoms with Gasteiger partial charge in [0.2, 0.25) is 0 Å². The SMILES string of the molecule is Nc1cc(F)c(Oc2ccnc3[nH]cc(C4(C(F)(F)F)CC4)c23)c(F)c1. The number of alkyl halides is 3. The van der Waals surface area contributed by atoms with Crippen molar-refractivity contribution in [2.45, 2.75) is 24.4 Å². The number of nitrogens with one attached hydrogen (secondary N) is 1. The average molecular weight is 369 g/mol. The van der Waals surface area contributed by atoms with Crippen LogP contribution in [0.2, 0.25) is 0 Å². The number of aromatic nitrogens is 2. The zero-order valence-electron chi connectivity index (χ0n) is 13.1. The van der Waals surface area contributed by atoms with Crippen LogP contribution in [0, 0.1) is 11.6 Å². The smallest absolute Gasteiger partial charge is 0.398 e. The van der Waals surface area contributed by atoms with Gasteiger partial charge >= 0.3 is 6.18 Å². The van der Waals surface area contributed by atoms with Gasteiger partial charge in [-0.3, -0.25) is 0 Å². The molecule has 1 fully saturated rings. The lowest BCUT2D eigenvalue weighted by atomic mass is 9.95. The van der Waals surface area contributed by atoms with Gasteiger partial charge in [0, 0.05) is 30.2 Å². The van der Waals surface area contributed by atoms with Gasteiger partial charge in [0.25, 0.3) is 0 Å². The van der Waals surface area contributed by atoms with Crippen LogP contribution in [0.5, 0.6) is 11.5 Å².